The predicted molar refractivity (Wildman–Crippen MR) is 162 cm³/mol. The van der Waals surface area contributed by atoms with Crippen molar-refractivity contribution in [2.75, 3.05) is 13.7 Å². The summed E-state index contributed by atoms with van der Waals surface area (Å²) in [4.78, 5) is 35.5. The maximum absolute atomic E-state index is 13.8. The third-order valence-electron chi connectivity index (χ3n) is 6.92. The van der Waals surface area contributed by atoms with Gasteiger partial charge in [-0.3, -0.25) is 9.69 Å². The van der Waals surface area contributed by atoms with Crippen molar-refractivity contribution in [1.29, 1.82) is 0 Å². The van der Waals surface area contributed by atoms with Crippen LogP contribution in [0.1, 0.15) is 21.6 Å². The van der Waals surface area contributed by atoms with E-state index in [9.17, 15) is 14.7 Å². The van der Waals surface area contributed by atoms with Gasteiger partial charge < -0.3 is 19.4 Å². The van der Waals surface area contributed by atoms with Crippen LogP contribution in [-0.2, 0) is 11.2 Å². The number of carboxylic acids is 1. The van der Waals surface area contributed by atoms with Crippen LogP contribution < -0.4 is 4.74 Å². The molecule has 6 rings (SSSR count). The van der Waals surface area contributed by atoms with Crippen molar-refractivity contribution in [3.05, 3.63) is 119 Å². The van der Waals surface area contributed by atoms with Crippen molar-refractivity contribution in [2.24, 2.45) is 4.99 Å². The monoisotopic (exact) mass is 562 g/mol. The van der Waals surface area contributed by atoms with Crippen LogP contribution >= 0.6 is 11.8 Å². The molecule has 0 radical (unpaired) electrons. The van der Waals surface area contributed by atoms with Crippen molar-refractivity contribution < 1.29 is 19.4 Å². The zero-order valence-corrected chi connectivity index (χ0v) is 23.0. The van der Waals surface area contributed by atoms with Gasteiger partial charge in [-0.25, -0.2) is 9.79 Å². The minimum Gasteiger partial charge on any atom is -0.497 e. The van der Waals surface area contributed by atoms with E-state index >= 15 is 0 Å². The average Bonchev–Trinajstić information content (AvgIpc) is 3.71. The summed E-state index contributed by atoms with van der Waals surface area (Å²) in [6, 6.07) is 26.0. The lowest BCUT2D eigenvalue weighted by Gasteiger charge is -2.15. The van der Waals surface area contributed by atoms with Crippen molar-refractivity contribution >= 4 is 51.5 Å². The van der Waals surface area contributed by atoms with Gasteiger partial charge in [0.1, 0.15) is 5.75 Å². The molecule has 8 nitrogen and oxygen atoms in total. The summed E-state index contributed by atoms with van der Waals surface area (Å²) in [6.45, 7) is 0.470. The number of hydrogen-bond acceptors (Lipinski definition) is 5. The molecule has 0 aliphatic carbocycles. The molecule has 0 unspecified atom stereocenters. The standard InChI is InChI=1S/C32H26N4O4S/c1-40-26-14-10-23(11-15-26)34-32-36(18-16-22-20-33-28-7-3-2-6-27(22)28)30(37)29(41-32)19-25-5-4-17-35(25)24-12-8-21(9-13-24)31(38)39/h2-15,17,19-20,33H,16,18H2,1H3,(H,38,39). The first-order valence-corrected chi connectivity index (χ1v) is 13.8. The molecule has 1 aliphatic heterocycles. The van der Waals surface area contributed by atoms with E-state index in [1.165, 1.54) is 11.8 Å². The first kappa shape index (κ1) is 26.2. The fraction of sp³-hybridized carbons (Fsp3) is 0.0938. The van der Waals surface area contributed by atoms with Crippen LogP contribution in [0.5, 0.6) is 5.75 Å². The van der Waals surface area contributed by atoms with Gasteiger partial charge in [0.15, 0.2) is 5.17 Å². The minimum atomic E-state index is -0.976. The number of amides is 1. The number of H-pyrrole nitrogens is 1. The Morgan fingerprint density at radius 3 is 2.56 bits per heavy atom. The van der Waals surface area contributed by atoms with E-state index < -0.39 is 5.97 Å². The Labute approximate surface area is 240 Å². The number of carbonyl (C=O) groups excluding carboxylic acids is 1. The van der Waals surface area contributed by atoms with Gasteiger partial charge in [0.25, 0.3) is 5.91 Å². The highest BCUT2D eigenvalue weighted by atomic mass is 32.2. The van der Waals surface area contributed by atoms with Crippen LogP contribution in [0.4, 0.5) is 5.69 Å². The molecule has 2 aromatic heterocycles. The number of para-hydroxylation sites is 1. The van der Waals surface area contributed by atoms with E-state index in [1.54, 1.807) is 36.3 Å². The lowest BCUT2D eigenvalue weighted by Crippen LogP contribution is -2.31. The Bertz CT molecular complexity index is 1800. The number of hydrogen-bond donors (Lipinski definition) is 2. The Morgan fingerprint density at radius 1 is 1.02 bits per heavy atom. The van der Waals surface area contributed by atoms with Gasteiger partial charge in [-0.15, -0.1) is 0 Å². The van der Waals surface area contributed by atoms with Crippen LogP contribution in [0, 0.1) is 0 Å². The van der Waals surface area contributed by atoms with Crippen LogP contribution in [-0.4, -0.2) is 50.3 Å². The number of aliphatic imine (C=N–C) groups is 1. The quantitative estimate of drug-likeness (QED) is 0.210. The smallest absolute Gasteiger partial charge is 0.335 e. The zero-order chi connectivity index (χ0) is 28.3. The third-order valence-corrected chi connectivity index (χ3v) is 7.92. The summed E-state index contributed by atoms with van der Waals surface area (Å²) in [7, 11) is 1.62. The topological polar surface area (TPSA) is 99.9 Å². The number of methoxy groups -OCH3 is 1. The largest absolute Gasteiger partial charge is 0.497 e. The number of aromatic amines is 1. The minimum absolute atomic E-state index is 0.115. The first-order chi connectivity index (χ1) is 20.0. The maximum Gasteiger partial charge on any atom is 0.335 e. The van der Waals surface area contributed by atoms with Crippen LogP contribution in [0.2, 0.25) is 0 Å². The highest BCUT2D eigenvalue weighted by Gasteiger charge is 2.33. The van der Waals surface area contributed by atoms with Gasteiger partial charge >= 0.3 is 5.97 Å². The predicted octanol–water partition coefficient (Wildman–Crippen LogP) is 6.51. The molecule has 1 amide bonds. The summed E-state index contributed by atoms with van der Waals surface area (Å²) < 4.78 is 7.19. The molecular formula is C32H26N4O4S. The molecule has 1 saturated heterocycles. The number of nitrogens with one attached hydrogen (secondary N) is 1. The number of amidine groups is 1. The van der Waals surface area contributed by atoms with E-state index in [0.29, 0.717) is 23.0 Å². The fourth-order valence-corrected chi connectivity index (χ4v) is 5.78. The number of rotatable bonds is 8. The Kier molecular flexibility index (Phi) is 7.18. The number of carboxylic acid groups (broad SMARTS) is 1. The molecular weight excluding hydrogens is 536 g/mol. The normalized spacial score (nSPS) is 15.3. The van der Waals surface area contributed by atoms with Gasteiger partial charge in [0.05, 0.1) is 23.3 Å². The number of nitrogens with zero attached hydrogens (tertiary/aromatic N) is 3. The molecule has 0 saturated carbocycles. The van der Waals surface area contributed by atoms with Gasteiger partial charge in [0.2, 0.25) is 0 Å². The number of thioether (sulfide) groups is 1. The van der Waals surface area contributed by atoms with Crippen LogP contribution in [0.25, 0.3) is 22.7 Å². The molecule has 41 heavy (non-hydrogen) atoms. The average molecular weight is 563 g/mol. The summed E-state index contributed by atoms with van der Waals surface area (Å²) in [5.74, 6) is -0.357. The summed E-state index contributed by atoms with van der Waals surface area (Å²) in [5.41, 5.74) is 4.73. The second-order valence-electron chi connectivity index (χ2n) is 9.42. The van der Waals surface area contributed by atoms with Gasteiger partial charge in [-0.2, -0.15) is 0 Å². The number of aromatic nitrogens is 2. The van der Waals surface area contributed by atoms with Crippen molar-refractivity contribution in [2.45, 2.75) is 6.42 Å². The number of fused-ring (bicyclic) bond motifs is 1. The summed E-state index contributed by atoms with van der Waals surface area (Å²) >= 11 is 1.34. The molecule has 0 atom stereocenters. The molecule has 3 aromatic carbocycles. The second kappa shape index (κ2) is 11.2. The van der Waals surface area contributed by atoms with Crippen LogP contribution in [0.15, 0.2) is 107 Å². The highest BCUT2D eigenvalue weighted by Crippen LogP contribution is 2.35. The Morgan fingerprint density at radius 2 is 1.80 bits per heavy atom. The lowest BCUT2D eigenvalue weighted by molar-refractivity contribution is -0.122. The van der Waals surface area contributed by atoms with Gasteiger partial charge in [0, 0.05) is 41.2 Å². The number of benzene rings is 3. The fourth-order valence-electron chi connectivity index (χ4n) is 4.77. The zero-order valence-electron chi connectivity index (χ0n) is 22.2. The summed E-state index contributed by atoms with van der Waals surface area (Å²) in [6.07, 6.45) is 6.40. The Balaban J connectivity index is 1.32. The number of ether oxygens (including phenoxy) is 1. The SMILES string of the molecule is COc1ccc(N=C2SC(=Cc3cccn3-c3ccc(C(=O)O)cc3)C(=O)N2CCc2c[nH]c3ccccc23)cc1. The first-order valence-electron chi connectivity index (χ1n) is 13.0. The lowest BCUT2D eigenvalue weighted by atomic mass is 10.1. The van der Waals surface area contributed by atoms with Crippen LogP contribution in [0.3, 0.4) is 0 Å². The molecule has 0 bridgehead atoms. The molecule has 3 heterocycles. The second-order valence-corrected chi connectivity index (χ2v) is 10.4. The van der Waals surface area contributed by atoms with E-state index in [2.05, 4.69) is 11.1 Å². The Hall–Kier alpha value is -5.02. The van der Waals surface area contributed by atoms with E-state index in [1.807, 2.05) is 77.6 Å². The van der Waals surface area contributed by atoms with Crippen molar-refractivity contribution in [3.63, 3.8) is 0 Å². The number of carbonyl (C=O) groups is 2. The maximum atomic E-state index is 13.8. The van der Waals surface area contributed by atoms with E-state index in [4.69, 9.17) is 9.73 Å². The molecule has 0 spiro atoms. The molecule has 1 fully saturated rings. The molecule has 9 heteroatoms. The number of aromatic carboxylic acids is 1. The molecule has 1 aliphatic rings. The summed E-state index contributed by atoms with van der Waals surface area (Å²) in [5, 5.41) is 11.0. The van der Waals surface area contributed by atoms with E-state index in [-0.39, 0.29) is 11.5 Å². The molecule has 2 N–H and O–H groups in total. The third kappa shape index (κ3) is 5.39. The molecule has 5 aromatic rings. The van der Waals surface area contributed by atoms with Gasteiger partial charge in [-0.05, 0) is 96.6 Å². The van der Waals surface area contributed by atoms with Crippen molar-refractivity contribution in [1.82, 2.24) is 14.5 Å². The van der Waals surface area contributed by atoms with Gasteiger partial charge in [-0.1, -0.05) is 18.2 Å². The van der Waals surface area contributed by atoms with Crippen molar-refractivity contribution in [3.8, 4) is 11.4 Å². The van der Waals surface area contributed by atoms with E-state index in [0.717, 1.165) is 39.3 Å². The molecule has 204 valence electrons. The highest BCUT2D eigenvalue weighted by molar-refractivity contribution is 8.18.